The largest absolute Gasteiger partial charge is 0.396 e. The van der Waals surface area contributed by atoms with Gasteiger partial charge in [-0.05, 0) is 31.4 Å². The fourth-order valence-corrected chi connectivity index (χ4v) is 1.86. The highest BCUT2D eigenvalue weighted by atomic mass is 16.3. The maximum Gasteiger partial charge on any atom is 0.233 e. The van der Waals surface area contributed by atoms with E-state index in [-0.39, 0.29) is 18.4 Å². The maximum atomic E-state index is 11.6. The van der Waals surface area contributed by atoms with Crippen LogP contribution in [-0.2, 0) is 11.2 Å². The van der Waals surface area contributed by atoms with Crippen LogP contribution in [0.4, 0.5) is 0 Å². The molecule has 104 valence electrons. The Bertz CT molecular complexity index is 393. The number of aliphatic hydroxyl groups is 1. The second kappa shape index (κ2) is 7.21. The van der Waals surface area contributed by atoms with E-state index in [1.165, 1.54) is 12.8 Å². The molecule has 1 aromatic rings. The fourth-order valence-electron chi connectivity index (χ4n) is 1.86. The van der Waals surface area contributed by atoms with Crippen LogP contribution in [0.25, 0.3) is 0 Å². The zero-order chi connectivity index (χ0) is 13.5. The Kier molecular flexibility index (Phi) is 5.30. The summed E-state index contributed by atoms with van der Waals surface area (Å²) < 4.78 is 0. The summed E-state index contributed by atoms with van der Waals surface area (Å²) in [4.78, 5) is 15.8. The van der Waals surface area contributed by atoms with Gasteiger partial charge in [0.25, 0.3) is 0 Å². The lowest BCUT2D eigenvalue weighted by Crippen LogP contribution is -2.38. The van der Waals surface area contributed by atoms with E-state index in [2.05, 4.69) is 15.6 Å². The van der Waals surface area contributed by atoms with Crippen molar-refractivity contribution >= 4 is 5.91 Å². The monoisotopic (exact) mass is 263 g/mol. The minimum atomic E-state index is -0.00799. The van der Waals surface area contributed by atoms with E-state index < -0.39 is 0 Å². The number of aromatic nitrogens is 1. The van der Waals surface area contributed by atoms with Gasteiger partial charge in [0.1, 0.15) is 0 Å². The maximum absolute atomic E-state index is 11.6. The van der Waals surface area contributed by atoms with Crippen LogP contribution in [0.2, 0.25) is 0 Å². The van der Waals surface area contributed by atoms with Crippen LogP contribution in [-0.4, -0.2) is 41.7 Å². The smallest absolute Gasteiger partial charge is 0.233 e. The molecule has 0 bridgehead atoms. The Labute approximate surface area is 113 Å². The third-order valence-corrected chi connectivity index (χ3v) is 3.20. The average Bonchev–Trinajstić information content (AvgIpc) is 3.26. The molecule has 5 nitrogen and oxygen atoms in total. The number of hydrogen-bond acceptors (Lipinski definition) is 4. The van der Waals surface area contributed by atoms with Gasteiger partial charge in [0.05, 0.1) is 6.54 Å². The van der Waals surface area contributed by atoms with Crippen molar-refractivity contribution in [3.63, 3.8) is 0 Å². The zero-order valence-corrected chi connectivity index (χ0v) is 11.0. The van der Waals surface area contributed by atoms with Crippen LogP contribution in [0.1, 0.15) is 18.5 Å². The first-order chi connectivity index (χ1) is 9.28. The van der Waals surface area contributed by atoms with Gasteiger partial charge in [-0.1, -0.05) is 6.07 Å². The van der Waals surface area contributed by atoms with Crippen LogP contribution in [0.3, 0.4) is 0 Å². The molecule has 1 aliphatic rings. The molecule has 3 N–H and O–H groups in total. The molecule has 5 heteroatoms. The van der Waals surface area contributed by atoms with E-state index in [1.807, 2.05) is 18.2 Å². The highest BCUT2D eigenvalue weighted by Gasteiger charge is 2.21. The summed E-state index contributed by atoms with van der Waals surface area (Å²) in [6, 6.07) is 6.25. The minimum absolute atomic E-state index is 0.00799. The molecule has 2 rings (SSSR count). The van der Waals surface area contributed by atoms with Crippen LogP contribution in [0, 0.1) is 5.92 Å². The summed E-state index contributed by atoms with van der Waals surface area (Å²) in [6.07, 6.45) is 4.76. The van der Waals surface area contributed by atoms with Crippen LogP contribution in [0.15, 0.2) is 24.4 Å². The molecule has 1 saturated carbocycles. The Balaban J connectivity index is 1.67. The summed E-state index contributed by atoms with van der Waals surface area (Å²) in [7, 11) is 0. The van der Waals surface area contributed by atoms with Crippen molar-refractivity contribution in [2.24, 2.45) is 5.92 Å². The third kappa shape index (κ3) is 5.36. The number of amides is 1. The highest BCUT2D eigenvalue weighted by molar-refractivity contribution is 5.78. The number of nitrogens with one attached hydrogen (secondary N) is 2. The van der Waals surface area contributed by atoms with Gasteiger partial charge in [0, 0.05) is 37.0 Å². The molecule has 0 aromatic carbocycles. The highest BCUT2D eigenvalue weighted by Crippen LogP contribution is 2.17. The Morgan fingerprint density at radius 1 is 1.47 bits per heavy atom. The molecule has 19 heavy (non-hydrogen) atoms. The first-order valence-corrected chi connectivity index (χ1v) is 6.78. The minimum Gasteiger partial charge on any atom is -0.396 e. The second-order valence-corrected chi connectivity index (χ2v) is 5.03. The normalized spacial score (nSPS) is 16.1. The Morgan fingerprint density at radius 3 is 2.95 bits per heavy atom. The van der Waals surface area contributed by atoms with E-state index >= 15 is 0 Å². The topological polar surface area (TPSA) is 74.2 Å². The van der Waals surface area contributed by atoms with Gasteiger partial charge in [0.2, 0.25) is 5.91 Å². The SMILES string of the molecule is O=C(CNC1CC1)NCC(CO)Cc1ccccn1. The summed E-state index contributed by atoms with van der Waals surface area (Å²) in [6.45, 7) is 0.900. The van der Waals surface area contributed by atoms with Gasteiger partial charge in [0.15, 0.2) is 0 Å². The number of pyridine rings is 1. The van der Waals surface area contributed by atoms with Crippen LogP contribution < -0.4 is 10.6 Å². The molecule has 1 unspecified atom stereocenters. The number of rotatable bonds is 8. The molecule has 1 amide bonds. The first kappa shape index (κ1) is 14.0. The molecule has 0 saturated heterocycles. The molecule has 1 atom stereocenters. The lowest BCUT2D eigenvalue weighted by Gasteiger charge is -2.14. The van der Waals surface area contributed by atoms with E-state index in [4.69, 9.17) is 0 Å². The second-order valence-electron chi connectivity index (χ2n) is 5.03. The van der Waals surface area contributed by atoms with Gasteiger partial charge in [-0.25, -0.2) is 0 Å². The standard InChI is InChI=1S/C14H21N3O2/c18-10-11(7-13-3-1-2-6-15-13)8-17-14(19)9-16-12-4-5-12/h1-3,6,11-12,16,18H,4-5,7-10H2,(H,17,19). The van der Waals surface area contributed by atoms with Gasteiger partial charge in [-0.15, -0.1) is 0 Å². The van der Waals surface area contributed by atoms with Gasteiger partial charge in [-0.2, -0.15) is 0 Å². The van der Waals surface area contributed by atoms with Crippen LogP contribution >= 0.6 is 0 Å². The summed E-state index contributed by atoms with van der Waals surface area (Å²) in [5.74, 6) is 0.00569. The van der Waals surface area contributed by atoms with Crippen molar-refractivity contribution in [3.05, 3.63) is 30.1 Å². The molecular formula is C14H21N3O2. The van der Waals surface area contributed by atoms with Crippen molar-refractivity contribution in [2.45, 2.75) is 25.3 Å². The van der Waals surface area contributed by atoms with Crippen molar-refractivity contribution in [3.8, 4) is 0 Å². The molecule has 0 aliphatic heterocycles. The molecular weight excluding hydrogens is 242 g/mol. The van der Waals surface area contributed by atoms with Crippen LogP contribution in [0.5, 0.6) is 0 Å². The van der Waals surface area contributed by atoms with Crippen molar-refractivity contribution < 1.29 is 9.90 Å². The van der Waals surface area contributed by atoms with Crippen molar-refractivity contribution in [2.75, 3.05) is 19.7 Å². The third-order valence-electron chi connectivity index (χ3n) is 3.20. The molecule has 1 fully saturated rings. The summed E-state index contributed by atoms with van der Waals surface area (Å²) >= 11 is 0. The summed E-state index contributed by atoms with van der Waals surface area (Å²) in [5, 5.41) is 15.3. The quantitative estimate of drug-likeness (QED) is 0.622. The number of aliphatic hydroxyl groups excluding tert-OH is 1. The number of hydrogen-bond donors (Lipinski definition) is 3. The zero-order valence-electron chi connectivity index (χ0n) is 11.0. The van der Waals surface area contributed by atoms with E-state index in [0.717, 1.165) is 5.69 Å². The predicted molar refractivity (Wildman–Crippen MR) is 72.6 cm³/mol. The van der Waals surface area contributed by atoms with Gasteiger partial charge >= 0.3 is 0 Å². The lowest BCUT2D eigenvalue weighted by molar-refractivity contribution is -0.120. The van der Waals surface area contributed by atoms with Gasteiger partial charge < -0.3 is 15.7 Å². The Morgan fingerprint density at radius 2 is 2.32 bits per heavy atom. The molecule has 0 spiro atoms. The lowest BCUT2D eigenvalue weighted by atomic mass is 10.0. The molecule has 1 aromatic heterocycles. The van der Waals surface area contributed by atoms with Crippen molar-refractivity contribution in [1.82, 2.24) is 15.6 Å². The van der Waals surface area contributed by atoms with E-state index in [0.29, 0.717) is 25.6 Å². The fraction of sp³-hybridized carbons (Fsp3) is 0.571. The van der Waals surface area contributed by atoms with E-state index in [9.17, 15) is 9.90 Å². The number of nitrogens with zero attached hydrogens (tertiary/aromatic N) is 1. The first-order valence-electron chi connectivity index (χ1n) is 6.78. The molecule has 1 heterocycles. The average molecular weight is 263 g/mol. The summed E-state index contributed by atoms with van der Waals surface area (Å²) in [5.41, 5.74) is 0.937. The number of carbonyl (C=O) groups excluding carboxylic acids is 1. The molecule has 0 radical (unpaired) electrons. The Hall–Kier alpha value is -1.46. The van der Waals surface area contributed by atoms with Gasteiger partial charge in [-0.3, -0.25) is 9.78 Å². The number of carbonyl (C=O) groups is 1. The van der Waals surface area contributed by atoms with Crippen molar-refractivity contribution in [1.29, 1.82) is 0 Å². The molecule has 1 aliphatic carbocycles. The predicted octanol–water partition coefficient (Wildman–Crippen LogP) is 0.101. The van der Waals surface area contributed by atoms with E-state index in [1.54, 1.807) is 6.20 Å².